The Morgan fingerprint density at radius 2 is 1.69 bits per heavy atom. The van der Waals surface area contributed by atoms with E-state index < -0.39 is 10.0 Å². The summed E-state index contributed by atoms with van der Waals surface area (Å²) in [5.41, 5.74) is 2.24. The van der Waals surface area contributed by atoms with E-state index in [0.29, 0.717) is 49.3 Å². The van der Waals surface area contributed by atoms with E-state index in [9.17, 15) is 8.42 Å². The van der Waals surface area contributed by atoms with E-state index in [-0.39, 0.29) is 5.72 Å². The Hall–Kier alpha value is -1.47. The Labute approximate surface area is 197 Å². The molecule has 6 heteroatoms. The van der Waals surface area contributed by atoms with Crippen LogP contribution in [0.5, 0.6) is 0 Å². The Balaban J connectivity index is 0.000000436. The molecule has 1 aromatic rings. The molecule has 5 nitrogen and oxygen atoms in total. The second-order valence-electron chi connectivity index (χ2n) is 8.70. The second kappa shape index (κ2) is 13.3. The van der Waals surface area contributed by atoms with E-state index in [4.69, 9.17) is 4.74 Å². The molecule has 0 aromatic heterocycles. The van der Waals surface area contributed by atoms with Crippen LogP contribution in [0, 0.1) is 5.92 Å². The monoisotopic (exact) mass is 464 g/mol. The van der Waals surface area contributed by atoms with Gasteiger partial charge in [-0.05, 0) is 36.5 Å². The third-order valence-corrected chi connectivity index (χ3v) is 7.85. The van der Waals surface area contributed by atoms with E-state index in [1.54, 1.807) is 16.4 Å². The summed E-state index contributed by atoms with van der Waals surface area (Å²) in [6, 6.07) is 7.26. The van der Waals surface area contributed by atoms with Crippen molar-refractivity contribution >= 4 is 10.0 Å². The third-order valence-electron chi connectivity index (χ3n) is 5.93. The van der Waals surface area contributed by atoms with Crippen molar-refractivity contribution in [2.45, 2.75) is 77.8 Å². The maximum absolute atomic E-state index is 12.7. The zero-order valence-corrected chi connectivity index (χ0v) is 22.0. The Kier molecular flexibility index (Phi) is 11.9. The number of hydrogen-bond acceptors (Lipinski definition) is 4. The quantitative estimate of drug-likeness (QED) is 0.567. The van der Waals surface area contributed by atoms with Crippen molar-refractivity contribution in [2.75, 3.05) is 26.2 Å². The van der Waals surface area contributed by atoms with Crippen molar-refractivity contribution < 1.29 is 13.2 Å². The Morgan fingerprint density at radius 3 is 2.06 bits per heavy atom. The summed E-state index contributed by atoms with van der Waals surface area (Å²) in [6.45, 7) is 20.8. The van der Waals surface area contributed by atoms with E-state index in [0.717, 1.165) is 12.1 Å². The van der Waals surface area contributed by atoms with Crippen molar-refractivity contribution in [1.82, 2.24) is 9.62 Å². The molecule has 3 rings (SSSR count). The van der Waals surface area contributed by atoms with Gasteiger partial charge in [-0.3, -0.25) is 5.32 Å². The first kappa shape index (κ1) is 28.6. The van der Waals surface area contributed by atoms with Gasteiger partial charge in [0.25, 0.3) is 0 Å². The van der Waals surface area contributed by atoms with Crippen LogP contribution in [0.2, 0.25) is 0 Å². The predicted octanol–water partition coefficient (Wildman–Crippen LogP) is 5.71. The van der Waals surface area contributed by atoms with Crippen LogP contribution in [0.3, 0.4) is 0 Å². The lowest BCUT2D eigenvalue weighted by molar-refractivity contribution is -0.0445. The highest BCUT2D eigenvalue weighted by Crippen LogP contribution is 2.30. The number of sulfonamides is 1. The molecular weight excluding hydrogens is 420 g/mol. The highest BCUT2D eigenvalue weighted by molar-refractivity contribution is 7.89. The molecule has 0 amide bonds. The van der Waals surface area contributed by atoms with Gasteiger partial charge in [-0.2, -0.15) is 4.31 Å². The van der Waals surface area contributed by atoms with Crippen LogP contribution in [0.15, 0.2) is 53.5 Å². The lowest BCUT2D eigenvalue weighted by atomic mass is 10.0. The average Bonchev–Trinajstić information content (AvgIpc) is 3.24. The van der Waals surface area contributed by atoms with Crippen LogP contribution in [-0.4, -0.2) is 44.7 Å². The molecule has 1 N–H and O–H groups in total. The van der Waals surface area contributed by atoms with E-state index in [1.165, 1.54) is 5.57 Å². The van der Waals surface area contributed by atoms with Crippen LogP contribution >= 0.6 is 0 Å². The highest BCUT2D eigenvalue weighted by atomic mass is 32.2. The summed E-state index contributed by atoms with van der Waals surface area (Å²) in [4.78, 5) is 0.383. The first-order chi connectivity index (χ1) is 15.1. The normalized spacial score (nSPS) is 18.7. The topological polar surface area (TPSA) is 58.6 Å². The minimum atomic E-state index is -3.40. The van der Waals surface area contributed by atoms with Gasteiger partial charge < -0.3 is 4.74 Å². The van der Waals surface area contributed by atoms with E-state index in [1.807, 2.05) is 38.1 Å². The van der Waals surface area contributed by atoms with Crippen molar-refractivity contribution in [1.29, 1.82) is 0 Å². The molecule has 0 bridgehead atoms. The van der Waals surface area contributed by atoms with Crippen molar-refractivity contribution in [3.05, 3.63) is 54.1 Å². The average molecular weight is 465 g/mol. The smallest absolute Gasteiger partial charge is 0.243 e. The summed E-state index contributed by atoms with van der Waals surface area (Å²) in [5, 5.41) is 3.36. The number of hydrogen-bond donors (Lipinski definition) is 1. The molecule has 0 aliphatic carbocycles. The highest BCUT2D eigenvalue weighted by Gasteiger charge is 2.41. The lowest BCUT2D eigenvalue weighted by Crippen LogP contribution is -2.52. The van der Waals surface area contributed by atoms with E-state index >= 15 is 0 Å². The Bertz CT molecular complexity index is 811. The van der Waals surface area contributed by atoms with E-state index in [2.05, 4.69) is 46.5 Å². The lowest BCUT2D eigenvalue weighted by Gasteiger charge is -2.37. The minimum absolute atomic E-state index is 0.298. The van der Waals surface area contributed by atoms with Crippen molar-refractivity contribution in [2.24, 2.45) is 5.92 Å². The fraction of sp³-hybridized carbons (Fsp3) is 0.615. The number of nitrogens with zero attached hydrogens (tertiary/aromatic N) is 1. The standard InChI is InChI=1S/C16H24N2O3S.C8H14.C2H6/c1-13(2)14-3-5-15(6-4-14)22(19,20)18-10-7-16(8-11-18)17-9-12-21-16;1-5-6-8(4)7(2)3;1-2/h3-6,13,17H,7-12H2,1-2H3;5-7H,1H2,2-4H3;1-2H3/b;8-6+;. The first-order valence-electron chi connectivity index (χ1n) is 11.9. The Morgan fingerprint density at radius 1 is 1.12 bits per heavy atom. The molecule has 2 heterocycles. The molecule has 0 radical (unpaired) electrons. The molecule has 0 atom stereocenters. The molecule has 182 valence electrons. The molecule has 0 saturated carbocycles. The minimum Gasteiger partial charge on any atom is -0.359 e. The van der Waals surface area contributed by atoms with Crippen LogP contribution in [0.4, 0.5) is 0 Å². The molecule has 1 aromatic carbocycles. The predicted molar refractivity (Wildman–Crippen MR) is 135 cm³/mol. The molecule has 2 fully saturated rings. The molecule has 0 unspecified atom stereocenters. The van der Waals surface area contributed by atoms with Gasteiger partial charge in [0.1, 0.15) is 5.72 Å². The SMILES string of the molecule is C=C/C=C(\C)C(C)C.CC.CC(C)c1ccc(S(=O)(=O)N2CCC3(CC2)NCCO3)cc1. The van der Waals surface area contributed by atoms with Crippen LogP contribution in [0.25, 0.3) is 0 Å². The molecule has 2 aliphatic heterocycles. The number of ether oxygens (including phenoxy) is 1. The molecular formula is C26H44N2O3S. The maximum Gasteiger partial charge on any atom is 0.243 e. The van der Waals surface area contributed by atoms with Gasteiger partial charge in [0.05, 0.1) is 11.5 Å². The van der Waals surface area contributed by atoms with Gasteiger partial charge in [-0.1, -0.05) is 78.0 Å². The fourth-order valence-electron chi connectivity index (χ4n) is 3.54. The summed E-state index contributed by atoms with van der Waals surface area (Å²) in [6.07, 6.45) is 5.28. The molecule has 32 heavy (non-hydrogen) atoms. The van der Waals surface area contributed by atoms with Gasteiger partial charge >= 0.3 is 0 Å². The van der Waals surface area contributed by atoms with Gasteiger partial charge in [0.2, 0.25) is 10.0 Å². The number of rotatable bonds is 5. The maximum atomic E-state index is 12.7. The molecule has 1 spiro atoms. The zero-order chi connectivity index (χ0) is 24.4. The van der Waals surface area contributed by atoms with Crippen LogP contribution in [-0.2, 0) is 14.8 Å². The second-order valence-corrected chi connectivity index (χ2v) is 10.6. The van der Waals surface area contributed by atoms with Crippen molar-refractivity contribution in [3.8, 4) is 0 Å². The van der Waals surface area contributed by atoms with Gasteiger partial charge in [0.15, 0.2) is 0 Å². The molecule has 2 aliphatic rings. The number of benzene rings is 1. The summed E-state index contributed by atoms with van der Waals surface area (Å²) in [5.74, 6) is 1.06. The third kappa shape index (κ3) is 7.84. The summed E-state index contributed by atoms with van der Waals surface area (Å²) in [7, 11) is -3.40. The van der Waals surface area contributed by atoms with Crippen LogP contribution < -0.4 is 5.32 Å². The van der Waals surface area contributed by atoms with Crippen LogP contribution in [0.1, 0.15) is 72.8 Å². The number of allylic oxidation sites excluding steroid dienone is 3. The summed E-state index contributed by atoms with van der Waals surface area (Å²) >= 11 is 0. The van der Waals surface area contributed by atoms with Crippen molar-refractivity contribution in [3.63, 3.8) is 0 Å². The first-order valence-corrected chi connectivity index (χ1v) is 13.3. The van der Waals surface area contributed by atoms with Gasteiger partial charge in [0, 0.05) is 32.5 Å². The van der Waals surface area contributed by atoms with Gasteiger partial charge in [-0.25, -0.2) is 8.42 Å². The zero-order valence-electron chi connectivity index (χ0n) is 21.1. The molecule has 2 saturated heterocycles. The fourth-order valence-corrected chi connectivity index (χ4v) is 4.98. The summed E-state index contributed by atoms with van der Waals surface area (Å²) < 4.78 is 32.8. The number of piperidine rings is 1. The van der Waals surface area contributed by atoms with Gasteiger partial charge in [-0.15, -0.1) is 0 Å². The number of nitrogens with one attached hydrogen (secondary N) is 1. The largest absolute Gasteiger partial charge is 0.359 e.